The SMILES string of the molecule is CCCCN(c1ccc(Cl)cc1CNCCC)C1CC1. The zero-order valence-electron chi connectivity index (χ0n) is 12.8. The Bertz CT molecular complexity index is 415. The molecule has 0 spiro atoms. The number of anilines is 1. The Labute approximate surface area is 128 Å². The van der Waals surface area contributed by atoms with Crippen molar-refractivity contribution >= 4 is 17.3 Å². The van der Waals surface area contributed by atoms with Crippen LogP contribution in [0.4, 0.5) is 5.69 Å². The molecule has 2 nitrogen and oxygen atoms in total. The number of benzene rings is 1. The lowest BCUT2D eigenvalue weighted by molar-refractivity contribution is 0.665. The molecule has 1 N–H and O–H groups in total. The fourth-order valence-corrected chi connectivity index (χ4v) is 2.78. The van der Waals surface area contributed by atoms with Crippen molar-refractivity contribution in [2.24, 2.45) is 0 Å². The zero-order chi connectivity index (χ0) is 14.4. The summed E-state index contributed by atoms with van der Waals surface area (Å²) < 4.78 is 0. The number of hydrogen-bond acceptors (Lipinski definition) is 2. The summed E-state index contributed by atoms with van der Waals surface area (Å²) in [6.45, 7) is 7.60. The van der Waals surface area contributed by atoms with Crippen molar-refractivity contribution in [3.05, 3.63) is 28.8 Å². The first kappa shape index (κ1) is 15.7. The van der Waals surface area contributed by atoms with E-state index in [2.05, 4.69) is 36.2 Å². The smallest absolute Gasteiger partial charge is 0.0415 e. The van der Waals surface area contributed by atoms with Gasteiger partial charge in [0.1, 0.15) is 0 Å². The Kier molecular flexibility index (Phi) is 6.18. The quantitative estimate of drug-likeness (QED) is 0.669. The van der Waals surface area contributed by atoms with Gasteiger partial charge < -0.3 is 10.2 Å². The molecule has 0 bridgehead atoms. The summed E-state index contributed by atoms with van der Waals surface area (Å²) in [7, 11) is 0. The van der Waals surface area contributed by atoms with Crippen LogP contribution in [0.1, 0.15) is 51.5 Å². The van der Waals surface area contributed by atoms with Gasteiger partial charge in [-0.25, -0.2) is 0 Å². The first-order valence-corrected chi connectivity index (χ1v) is 8.39. The number of rotatable bonds is 9. The van der Waals surface area contributed by atoms with E-state index >= 15 is 0 Å². The van der Waals surface area contributed by atoms with Crippen LogP contribution in [-0.2, 0) is 6.54 Å². The third-order valence-corrected chi connectivity index (χ3v) is 4.07. The Morgan fingerprint density at radius 3 is 2.70 bits per heavy atom. The normalized spacial score (nSPS) is 14.6. The van der Waals surface area contributed by atoms with E-state index in [4.69, 9.17) is 11.6 Å². The van der Waals surface area contributed by atoms with Gasteiger partial charge in [-0.1, -0.05) is 31.9 Å². The highest BCUT2D eigenvalue weighted by molar-refractivity contribution is 6.30. The molecule has 0 atom stereocenters. The first-order valence-electron chi connectivity index (χ1n) is 8.02. The molecule has 0 heterocycles. The molecule has 112 valence electrons. The predicted molar refractivity (Wildman–Crippen MR) is 88.7 cm³/mol. The van der Waals surface area contributed by atoms with Crippen molar-refractivity contribution in [3.63, 3.8) is 0 Å². The van der Waals surface area contributed by atoms with E-state index in [0.717, 1.165) is 30.6 Å². The van der Waals surface area contributed by atoms with Gasteiger partial charge >= 0.3 is 0 Å². The summed E-state index contributed by atoms with van der Waals surface area (Å²) in [6.07, 6.45) is 6.36. The van der Waals surface area contributed by atoms with Crippen LogP contribution >= 0.6 is 11.6 Å². The van der Waals surface area contributed by atoms with E-state index in [-0.39, 0.29) is 0 Å². The van der Waals surface area contributed by atoms with E-state index in [1.807, 2.05) is 6.07 Å². The van der Waals surface area contributed by atoms with Gasteiger partial charge in [0.25, 0.3) is 0 Å². The highest BCUT2D eigenvalue weighted by atomic mass is 35.5. The van der Waals surface area contributed by atoms with E-state index in [1.165, 1.54) is 43.5 Å². The number of nitrogens with one attached hydrogen (secondary N) is 1. The molecule has 0 unspecified atom stereocenters. The van der Waals surface area contributed by atoms with Crippen LogP contribution in [0.15, 0.2) is 18.2 Å². The molecule has 1 fully saturated rings. The molecule has 0 aliphatic heterocycles. The molecular weight excluding hydrogens is 268 g/mol. The van der Waals surface area contributed by atoms with Crippen LogP contribution in [-0.4, -0.2) is 19.1 Å². The zero-order valence-corrected chi connectivity index (χ0v) is 13.5. The first-order chi connectivity index (χ1) is 9.76. The summed E-state index contributed by atoms with van der Waals surface area (Å²) in [5.74, 6) is 0. The third kappa shape index (κ3) is 4.39. The van der Waals surface area contributed by atoms with Crippen molar-refractivity contribution in [2.75, 3.05) is 18.0 Å². The Balaban J connectivity index is 2.14. The molecular formula is C17H27ClN2. The van der Waals surface area contributed by atoms with Crippen LogP contribution in [0.3, 0.4) is 0 Å². The monoisotopic (exact) mass is 294 g/mol. The van der Waals surface area contributed by atoms with Crippen molar-refractivity contribution in [1.29, 1.82) is 0 Å². The number of nitrogens with zero attached hydrogens (tertiary/aromatic N) is 1. The molecule has 0 saturated heterocycles. The lowest BCUT2D eigenvalue weighted by atomic mass is 10.1. The standard InChI is InChI=1S/C17H27ClN2/c1-3-5-11-20(16-7-8-16)17-9-6-15(18)12-14(17)13-19-10-4-2/h6,9,12,16,19H,3-5,7-8,10-11,13H2,1-2H3. The van der Waals surface area contributed by atoms with E-state index in [0.29, 0.717) is 0 Å². The molecule has 1 aromatic rings. The van der Waals surface area contributed by atoms with Gasteiger partial charge in [0.15, 0.2) is 0 Å². The fraction of sp³-hybridized carbons (Fsp3) is 0.647. The molecule has 1 aromatic carbocycles. The van der Waals surface area contributed by atoms with E-state index in [1.54, 1.807) is 0 Å². The largest absolute Gasteiger partial charge is 0.368 e. The average molecular weight is 295 g/mol. The maximum Gasteiger partial charge on any atom is 0.0415 e. The minimum absolute atomic E-state index is 0.757. The van der Waals surface area contributed by atoms with Gasteiger partial charge in [0, 0.05) is 29.8 Å². The van der Waals surface area contributed by atoms with Crippen molar-refractivity contribution in [1.82, 2.24) is 5.32 Å². The van der Waals surface area contributed by atoms with Crippen LogP contribution in [0.2, 0.25) is 5.02 Å². The van der Waals surface area contributed by atoms with Crippen LogP contribution in [0.25, 0.3) is 0 Å². The van der Waals surface area contributed by atoms with E-state index in [9.17, 15) is 0 Å². The highest BCUT2D eigenvalue weighted by Gasteiger charge is 2.29. The number of hydrogen-bond donors (Lipinski definition) is 1. The minimum atomic E-state index is 0.757. The summed E-state index contributed by atoms with van der Waals surface area (Å²) in [4.78, 5) is 2.60. The topological polar surface area (TPSA) is 15.3 Å². The Morgan fingerprint density at radius 2 is 2.05 bits per heavy atom. The van der Waals surface area contributed by atoms with Crippen molar-refractivity contribution in [2.45, 2.75) is 58.5 Å². The van der Waals surface area contributed by atoms with Gasteiger partial charge in [-0.05, 0) is 56.0 Å². The van der Waals surface area contributed by atoms with E-state index < -0.39 is 0 Å². The number of unbranched alkanes of at least 4 members (excludes halogenated alkanes) is 1. The fourth-order valence-electron chi connectivity index (χ4n) is 2.59. The third-order valence-electron chi connectivity index (χ3n) is 3.83. The maximum absolute atomic E-state index is 6.19. The highest BCUT2D eigenvalue weighted by Crippen LogP contribution is 2.35. The molecule has 3 heteroatoms. The molecule has 20 heavy (non-hydrogen) atoms. The second-order valence-electron chi connectivity index (χ2n) is 5.73. The summed E-state index contributed by atoms with van der Waals surface area (Å²) in [5.41, 5.74) is 2.72. The minimum Gasteiger partial charge on any atom is -0.368 e. The second-order valence-corrected chi connectivity index (χ2v) is 6.16. The number of halogens is 1. The Morgan fingerprint density at radius 1 is 1.25 bits per heavy atom. The maximum atomic E-state index is 6.19. The van der Waals surface area contributed by atoms with Crippen LogP contribution in [0.5, 0.6) is 0 Å². The second kappa shape index (κ2) is 7.90. The molecule has 1 saturated carbocycles. The van der Waals surface area contributed by atoms with Gasteiger partial charge in [0.05, 0.1) is 0 Å². The predicted octanol–water partition coefficient (Wildman–Crippen LogP) is 4.61. The van der Waals surface area contributed by atoms with Crippen molar-refractivity contribution in [3.8, 4) is 0 Å². The lowest BCUT2D eigenvalue weighted by Crippen LogP contribution is -2.28. The van der Waals surface area contributed by atoms with Crippen LogP contribution < -0.4 is 10.2 Å². The van der Waals surface area contributed by atoms with Crippen molar-refractivity contribution < 1.29 is 0 Å². The molecule has 2 rings (SSSR count). The lowest BCUT2D eigenvalue weighted by Gasteiger charge is -2.27. The average Bonchev–Trinajstić information content (AvgIpc) is 3.26. The molecule has 0 radical (unpaired) electrons. The summed E-state index contributed by atoms with van der Waals surface area (Å²) in [6, 6.07) is 7.12. The molecule has 1 aliphatic rings. The van der Waals surface area contributed by atoms with Gasteiger partial charge in [-0.2, -0.15) is 0 Å². The van der Waals surface area contributed by atoms with Gasteiger partial charge in [-0.15, -0.1) is 0 Å². The Hall–Kier alpha value is -0.730. The molecule has 1 aliphatic carbocycles. The summed E-state index contributed by atoms with van der Waals surface area (Å²) in [5, 5.41) is 4.34. The van der Waals surface area contributed by atoms with Gasteiger partial charge in [0.2, 0.25) is 0 Å². The molecule has 0 aromatic heterocycles. The van der Waals surface area contributed by atoms with Gasteiger partial charge in [-0.3, -0.25) is 0 Å². The summed E-state index contributed by atoms with van der Waals surface area (Å²) >= 11 is 6.19. The van der Waals surface area contributed by atoms with Crippen LogP contribution in [0, 0.1) is 0 Å². The molecule has 0 amide bonds.